The lowest BCUT2D eigenvalue weighted by Gasteiger charge is -2.02. The maximum absolute atomic E-state index is 6.50. The first-order chi connectivity index (χ1) is 29.9. The molecule has 6 N–H and O–H groups in total. The molecule has 0 bridgehead atoms. The topological polar surface area (TPSA) is 78.1 Å². The number of halogens is 2. The number of aryl methyl sites for hydroxylation is 3. The molecule has 1 aliphatic rings. The van der Waals surface area contributed by atoms with Crippen LogP contribution in [0.2, 0.25) is 0 Å². The fourth-order valence-corrected chi connectivity index (χ4v) is 8.86. The zero-order valence-corrected chi connectivity index (χ0v) is 38.9. The average Bonchev–Trinajstić information content (AvgIpc) is 3.22. The van der Waals surface area contributed by atoms with Crippen LogP contribution in [0.3, 0.4) is 0 Å². The monoisotopic (exact) mass is 1020 g/mol. The molecule has 0 saturated heterocycles. The summed E-state index contributed by atoms with van der Waals surface area (Å²) in [5, 5.41) is 0. The van der Waals surface area contributed by atoms with E-state index in [1.165, 1.54) is 22.3 Å². The summed E-state index contributed by atoms with van der Waals surface area (Å²) in [7, 11) is 0. The van der Waals surface area contributed by atoms with E-state index < -0.39 is 0 Å². The van der Waals surface area contributed by atoms with Gasteiger partial charge < -0.3 is 17.2 Å². The fourth-order valence-electron chi connectivity index (χ4n) is 6.38. The first-order valence-electron chi connectivity index (χ1n) is 19.6. The van der Waals surface area contributed by atoms with Crippen LogP contribution >= 0.6 is 43.3 Å². The maximum atomic E-state index is 6.50. The molecule has 0 fully saturated rings. The third-order valence-corrected chi connectivity index (χ3v) is 12.2. The summed E-state index contributed by atoms with van der Waals surface area (Å²) < 4.78 is 5.66. The van der Waals surface area contributed by atoms with E-state index in [1.807, 2.05) is 72.8 Å². The van der Waals surface area contributed by atoms with Crippen LogP contribution in [0.15, 0.2) is 130 Å². The fraction of sp³-hybridized carbons (Fsp3) is 0.0702. The van der Waals surface area contributed by atoms with Crippen molar-refractivity contribution in [1.29, 1.82) is 0 Å². The Bertz CT molecular complexity index is 3110. The van der Waals surface area contributed by atoms with E-state index in [0.717, 1.165) is 53.7 Å². The molecule has 296 valence electrons. The van der Waals surface area contributed by atoms with Crippen molar-refractivity contribution in [3.63, 3.8) is 0 Å². The van der Waals surface area contributed by atoms with Gasteiger partial charge in [0.25, 0.3) is 0 Å². The number of hydrogen-bond acceptors (Lipinski definition) is 3. The second kappa shape index (κ2) is 20.0. The minimum absolute atomic E-state index is 0.0863. The molecule has 6 aromatic rings. The molecule has 0 unspecified atom stereocenters. The van der Waals surface area contributed by atoms with Gasteiger partial charge in [-0.1, -0.05) is 97.8 Å². The molecule has 1 heterocycles. The van der Waals surface area contributed by atoms with Crippen molar-refractivity contribution in [3.05, 3.63) is 212 Å². The molecule has 1 aliphatic heterocycles. The minimum Gasteiger partial charge on any atom is -0.398 e. The Kier molecular flexibility index (Phi) is 13.8. The van der Waals surface area contributed by atoms with Crippen LogP contribution in [-0.2, 0) is 0 Å². The lowest BCUT2D eigenvalue weighted by molar-refractivity contribution is 1.37. The first kappa shape index (κ1) is 43.0. The Morgan fingerprint density at radius 2 is 0.758 bits per heavy atom. The SMILES string of the molecule is CC1=CC(C#Cc2ccc(C#Cc3cc(C#Cc4ccc(C#Cc5cc(C)cc(C)c5)cc4N)cc(C#Cc4ccc(C#Cc5cc(C)cc(I)c5)cc4N)c3)c(N)c2)=CI=C1. The van der Waals surface area contributed by atoms with Gasteiger partial charge in [-0.05, 0) is 190 Å². The van der Waals surface area contributed by atoms with Gasteiger partial charge in [0.2, 0.25) is 0 Å². The van der Waals surface area contributed by atoms with Gasteiger partial charge in [-0.15, -0.1) is 0 Å². The number of nitrogens with two attached hydrogens (primary N) is 3. The van der Waals surface area contributed by atoms with Crippen LogP contribution in [0.4, 0.5) is 17.1 Å². The van der Waals surface area contributed by atoms with E-state index in [4.69, 9.17) is 17.2 Å². The lowest BCUT2D eigenvalue weighted by atomic mass is 10.0. The van der Waals surface area contributed by atoms with Crippen LogP contribution in [0, 0.1) is 95.4 Å². The number of anilines is 3. The van der Waals surface area contributed by atoms with E-state index in [9.17, 15) is 0 Å². The molecule has 0 amide bonds. The van der Waals surface area contributed by atoms with Crippen molar-refractivity contribution in [2.75, 3.05) is 17.2 Å². The second-order valence-corrected chi connectivity index (χ2v) is 18.0. The number of rotatable bonds is 0. The number of benzene rings is 6. The van der Waals surface area contributed by atoms with Crippen LogP contribution in [-0.4, -0.2) is 4.01 Å². The molecule has 0 atom stereocenters. The molecule has 6 aromatic carbocycles. The van der Waals surface area contributed by atoms with Crippen LogP contribution in [0.1, 0.15) is 84.8 Å². The van der Waals surface area contributed by atoms with E-state index in [-0.39, 0.29) is 20.7 Å². The van der Waals surface area contributed by atoms with Crippen molar-refractivity contribution in [2.24, 2.45) is 0 Å². The number of nitrogen functional groups attached to an aromatic ring is 3. The minimum atomic E-state index is -0.0863. The highest BCUT2D eigenvalue weighted by molar-refractivity contribution is 14.2. The second-order valence-electron chi connectivity index (χ2n) is 14.8. The summed E-state index contributed by atoms with van der Waals surface area (Å²) in [6.45, 7) is 8.31. The van der Waals surface area contributed by atoms with Gasteiger partial charge in [-0.2, -0.15) is 0 Å². The van der Waals surface area contributed by atoms with Gasteiger partial charge in [-0.3, -0.25) is 0 Å². The summed E-state index contributed by atoms with van der Waals surface area (Å²) in [5.41, 5.74) is 35.6. The molecule has 0 saturated carbocycles. The van der Waals surface area contributed by atoms with Crippen LogP contribution in [0.25, 0.3) is 0 Å². The van der Waals surface area contributed by atoms with Gasteiger partial charge >= 0.3 is 0 Å². The Balaban J connectivity index is 1.18. The van der Waals surface area contributed by atoms with E-state index in [2.05, 4.69) is 172 Å². The summed E-state index contributed by atoms with van der Waals surface area (Å²) in [6.07, 6.45) is 2.11. The third kappa shape index (κ3) is 12.2. The van der Waals surface area contributed by atoms with Crippen molar-refractivity contribution in [2.45, 2.75) is 27.7 Å². The number of hydrogen-bond donors (Lipinski definition) is 3. The van der Waals surface area contributed by atoms with Gasteiger partial charge in [0.05, 0.1) is 0 Å². The Morgan fingerprint density at radius 1 is 0.387 bits per heavy atom. The quantitative estimate of drug-likeness (QED) is 0.0806. The number of allylic oxidation sites excluding steroid dienone is 3. The molecule has 7 rings (SSSR count). The predicted octanol–water partition coefficient (Wildman–Crippen LogP) is 10.9. The molecule has 0 aliphatic carbocycles. The Morgan fingerprint density at radius 3 is 1.18 bits per heavy atom. The van der Waals surface area contributed by atoms with Crippen LogP contribution < -0.4 is 17.2 Å². The van der Waals surface area contributed by atoms with Crippen molar-refractivity contribution in [1.82, 2.24) is 0 Å². The summed E-state index contributed by atoms with van der Waals surface area (Å²) in [4.78, 5) is 0. The van der Waals surface area contributed by atoms with Gasteiger partial charge in [0.15, 0.2) is 0 Å². The molecule has 0 aromatic heterocycles. The largest absolute Gasteiger partial charge is 0.398 e. The zero-order valence-electron chi connectivity index (χ0n) is 34.6. The van der Waals surface area contributed by atoms with Crippen molar-refractivity contribution >= 4 is 64.4 Å². The maximum Gasteiger partial charge on any atom is 0.0485 e. The Hall–Kier alpha value is -7.11. The van der Waals surface area contributed by atoms with Gasteiger partial charge in [0, 0.05) is 87.4 Å². The van der Waals surface area contributed by atoms with Gasteiger partial charge in [-0.25, -0.2) is 0 Å². The highest BCUT2D eigenvalue weighted by Gasteiger charge is 2.03. The molecule has 62 heavy (non-hydrogen) atoms. The summed E-state index contributed by atoms with van der Waals surface area (Å²) in [6, 6.07) is 35.4. The highest BCUT2D eigenvalue weighted by atomic mass is 127. The zero-order chi connectivity index (χ0) is 43.6. The summed E-state index contributed by atoms with van der Waals surface area (Å²) >= 11 is 2.22. The Labute approximate surface area is 389 Å². The van der Waals surface area contributed by atoms with E-state index >= 15 is 0 Å². The molecule has 3 nitrogen and oxygen atoms in total. The molecule has 0 spiro atoms. The molecular weight excluding hydrogens is 980 g/mol. The predicted molar refractivity (Wildman–Crippen MR) is 278 cm³/mol. The molecule has 5 heteroatoms. The van der Waals surface area contributed by atoms with E-state index in [1.54, 1.807) is 0 Å². The normalized spacial score (nSPS) is 11.0. The average molecular weight is 1020 g/mol. The van der Waals surface area contributed by atoms with E-state index in [0.29, 0.717) is 33.8 Å². The standard InChI is InChI=1S/C57H39I2N3/c1-38-23-39(2)25-45(24-38)8-5-42-11-17-51(55(60)33-42)20-14-47-29-48(15-21-52-18-12-43(34-56(52)61)6-9-46-26-40(3)28-54(58)32-46)31-49(30-47)16-22-53-19-13-44(35-57(53)62)7-10-50-27-41(4)36-59-37-50/h11-13,17-19,23-37H,60-62H2,1-4H3. The smallest absolute Gasteiger partial charge is 0.0485 e. The van der Waals surface area contributed by atoms with Crippen LogP contribution in [0.5, 0.6) is 0 Å². The summed E-state index contributed by atoms with van der Waals surface area (Å²) in [5.74, 6) is 39.1. The van der Waals surface area contributed by atoms with Gasteiger partial charge in [0.1, 0.15) is 0 Å². The lowest BCUT2D eigenvalue weighted by Crippen LogP contribution is -1.92. The van der Waals surface area contributed by atoms with Crippen molar-refractivity contribution < 1.29 is 0 Å². The molecule has 0 radical (unpaired) electrons. The third-order valence-electron chi connectivity index (χ3n) is 9.23. The highest BCUT2D eigenvalue weighted by Crippen LogP contribution is 2.20. The first-order valence-corrected chi connectivity index (χ1v) is 23.1. The van der Waals surface area contributed by atoms with Crippen molar-refractivity contribution in [3.8, 4) is 71.0 Å². The molecular formula is C57H39I2N3.